The molecule has 0 unspecified atom stereocenters. The van der Waals surface area contributed by atoms with E-state index >= 15 is 0 Å². The van der Waals surface area contributed by atoms with Crippen molar-refractivity contribution in [2.45, 2.75) is 25.8 Å². The second-order valence-electron chi connectivity index (χ2n) is 7.63. The molecule has 0 spiro atoms. The molecule has 2 aromatic rings. The molecular formula is C20H26BrN3O3S. The minimum atomic E-state index is -0.0677. The third-order valence-corrected chi connectivity index (χ3v) is 7.30. The number of fused-ring (bicyclic) bond motifs is 1. The molecule has 0 saturated carbocycles. The second kappa shape index (κ2) is 9.07. The molecule has 28 heavy (non-hydrogen) atoms. The number of carbonyl (C=O) groups excluding carboxylic acids is 1. The van der Waals surface area contributed by atoms with Crippen LogP contribution < -0.4 is 4.87 Å². The van der Waals surface area contributed by atoms with Crippen LogP contribution in [0.3, 0.4) is 0 Å². The Morgan fingerprint density at radius 1 is 1.18 bits per heavy atom. The molecule has 4 rings (SSSR count). The van der Waals surface area contributed by atoms with Gasteiger partial charge in [0.2, 0.25) is 5.91 Å². The van der Waals surface area contributed by atoms with Gasteiger partial charge in [0, 0.05) is 30.7 Å². The third kappa shape index (κ3) is 4.67. The number of nitrogens with zero attached hydrogens (tertiary/aromatic N) is 3. The van der Waals surface area contributed by atoms with Crippen molar-refractivity contribution in [2.75, 3.05) is 45.9 Å². The van der Waals surface area contributed by atoms with E-state index in [1.807, 2.05) is 23.1 Å². The lowest BCUT2D eigenvalue weighted by Crippen LogP contribution is -2.42. The van der Waals surface area contributed by atoms with Gasteiger partial charge in [-0.1, -0.05) is 27.3 Å². The number of halogens is 1. The van der Waals surface area contributed by atoms with Crippen molar-refractivity contribution < 1.29 is 9.53 Å². The number of hydrogen-bond donors (Lipinski definition) is 0. The summed E-state index contributed by atoms with van der Waals surface area (Å²) in [6.45, 7) is 6.63. The van der Waals surface area contributed by atoms with E-state index in [4.69, 9.17) is 4.74 Å². The lowest BCUT2D eigenvalue weighted by atomic mass is 9.93. The summed E-state index contributed by atoms with van der Waals surface area (Å²) in [7, 11) is 0. The van der Waals surface area contributed by atoms with Crippen molar-refractivity contribution in [3.63, 3.8) is 0 Å². The molecule has 2 aliphatic heterocycles. The first-order valence-electron chi connectivity index (χ1n) is 9.97. The van der Waals surface area contributed by atoms with Crippen LogP contribution in [0.1, 0.15) is 19.3 Å². The molecule has 0 bridgehead atoms. The largest absolute Gasteiger partial charge is 0.379 e. The summed E-state index contributed by atoms with van der Waals surface area (Å²) >= 11 is 4.65. The summed E-state index contributed by atoms with van der Waals surface area (Å²) in [4.78, 5) is 29.5. The average molecular weight is 468 g/mol. The van der Waals surface area contributed by atoms with Gasteiger partial charge < -0.3 is 9.64 Å². The van der Waals surface area contributed by atoms with Crippen molar-refractivity contribution in [1.29, 1.82) is 0 Å². The van der Waals surface area contributed by atoms with Crippen LogP contribution in [0.15, 0.2) is 27.5 Å². The minimum absolute atomic E-state index is 0.0494. The van der Waals surface area contributed by atoms with E-state index in [2.05, 4.69) is 20.8 Å². The fraction of sp³-hybridized carbons (Fsp3) is 0.600. The number of hydrogen-bond acceptors (Lipinski definition) is 5. The Morgan fingerprint density at radius 2 is 1.93 bits per heavy atom. The smallest absolute Gasteiger partial charge is 0.308 e. The summed E-state index contributed by atoms with van der Waals surface area (Å²) in [6.07, 6.45) is 3.31. The molecule has 0 N–H and O–H groups in total. The first kappa shape index (κ1) is 20.1. The predicted molar refractivity (Wildman–Crippen MR) is 115 cm³/mol. The van der Waals surface area contributed by atoms with Gasteiger partial charge in [-0.2, -0.15) is 0 Å². The molecule has 1 aromatic heterocycles. The Hall–Kier alpha value is -1.22. The molecule has 0 radical (unpaired) electrons. The van der Waals surface area contributed by atoms with Crippen molar-refractivity contribution in [3.05, 3.63) is 32.3 Å². The number of carbonyl (C=O) groups is 1. The van der Waals surface area contributed by atoms with Crippen LogP contribution in [0.5, 0.6) is 0 Å². The number of benzene rings is 1. The number of aromatic nitrogens is 1. The van der Waals surface area contributed by atoms with Gasteiger partial charge in [0.1, 0.15) is 6.54 Å². The highest BCUT2D eigenvalue weighted by atomic mass is 79.9. The van der Waals surface area contributed by atoms with E-state index in [1.54, 1.807) is 4.57 Å². The van der Waals surface area contributed by atoms with Crippen LogP contribution in [-0.2, 0) is 16.1 Å². The number of likely N-dealkylation sites (tertiary alicyclic amines) is 1. The molecule has 2 fully saturated rings. The summed E-state index contributed by atoms with van der Waals surface area (Å²) in [5.41, 5.74) is 0.832. The zero-order valence-electron chi connectivity index (χ0n) is 15.9. The molecule has 2 saturated heterocycles. The van der Waals surface area contributed by atoms with Gasteiger partial charge in [0.15, 0.2) is 0 Å². The van der Waals surface area contributed by atoms with E-state index in [1.165, 1.54) is 17.8 Å². The van der Waals surface area contributed by atoms with Crippen molar-refractivity contribution in [1.82, 2.24) is 14.4 Å². The Labute approximate surface area is 177 Å². The number of piperidine rings is 1. The van der Waals surface area contributed by atoms with Gasteiger partial charge in [-0.15, -0.1) is 0 Å². The molecule has 6 nitrogen and oxygen atoms in total. The van der Waals surface area contributed by atoms with Crippen molar-refractivity contribution >= 4 is 43.4 Å². The predicted octanol–water partition coefficient (Wildman–Crippen LogP) is 2.79. The highest BCUT2D eigenvalue weighted by molar-refractivity contribution is 9.10. The summed E-state index contributed by atoms with van der Waals surface area (Å²) in [5, 5.41) is 0. The Kier molecular flexibility index (Phi) is 6.50. The van der Waals surface area contributed by atoms with Crippen LogP contribution in [0, 0.1) is 5.92 Å². The maximum atomic E-state index is 12.8. The number of amides is 1. The Bertz CT molecular complexity index is 882. The number of ether oxygens (including phenoxy) is 1. The summed E-state index contributed by atoms with van der Waals surface area (Å²) in [5.74, 6) is 0.737. The zero-order chi connectivity index (χ0) is 19.5. The van der Waals surface area contributed by atoms with E-state index in [9.17, 15) is 9.59 Å². The normalized spacial score (nSPS) is 19.4. The lowest BCUT2D eigenvalue weighted by molar-refractivity contribution is -0.133. The quantitative estimate of drug-likeness (QED) is 0.678. The van der Waals surface area contributed by atoms with E-state index in [0.717, 1.165) is 73.5 Å². The van der Waals surface area contributed by atoms with Crippen LogP contribution in [0.2, 0.25) is 0 Å². The molecule has 152 valence electrons. The van der Waals surface area contributed by atoms with Crippen molar-refractivity contribution in [2.24, 2.45) is 5.92 Å². The minimum Gasteiger partial charge on any atom is -0.379 e. The standard InChI is InChI=1S/C20H26BrN3O3S/c21-16-1-2-18-17(13-16)24(20(26)28-18)14-19(25)23-7-4-15(5-8-23)3-6-22-9-11-27-12-10-22/h1-2,13,15H,3-12,14H2. The molecule has 1 aromatic carbocycles. The monoisotopic (exact) mass is 467 g/mol. The topological polar surface area (TPSA) is 54.8 Å². The molecule has 0 atom stereocenters. The van der Waals surface area contributed by atoms with Gasteiger partial charge >= 0.3 is 4.87 Å². The van der Waals surface area contributed by atoms with E-state index < -0.39 is 0 Å². The first-order valence-corrected chi connectivity index (χ1v) is 11.6. The fourth-order valence-corrected chi connectivity index (χ4v) is 5.30. The number of thiazole rings is 1. The number of morpholine rings is 1. The average Bonchev–Trinajstić information content (AvgIpc) is 3.02. The molecule has 0 aliphatic carbocycles. The van der Waals surface area contributed by atoms with Gasteiger partial charge in [-0.25, -0.2) is 0 Å². The second-order valence-corrected chi connectivity index (χ2v) is 9.54. The maximum absolute atomic E-state index is 12.8. The Morgan fingerprint density at radius 3 is 2.68 bits per heavy atom. The lowest BCUT2D eigenvalue weighted by Gasteiger charge is -2.34. The number of rotatable bonds is 5. The molecule has 1 amide bonds. The molecule has 3 heterocycles. The Balaban J connectivity index is 1.30. The van der Waals surface area contributed by atoms with Crippen LogP contribution in [-0.4, -0.2) is 66.2 Å². The SMILES string of the molecule is O=C(Cn1c(=O)sc2ccc(Br)cc21)N1CCC(CCN2CCOCC2)CC1. The van der Waals surface area contributed by atoms with E-state index in [0.29, 0.717) is 5.92 Å². The third-order valence-electron chi connectivity index (χ3n) is 5.85. The van der Waals surface area contributed by atoms with Gasteiger partial charge in [-0.05, 0) is 49.9 Å². The molecule has 8 heteroatoms. The summed E-state index contributed by atoms with van der Waals surface area (Å²) < 4.78 is 8.85. The van der Waals surface area contributed by atoms with Gasteiger partial charge in [0.25, 0.3) is 0 Å². The highest BCUT2D eigenvalue weighted by Gasteiger charge is 2.24. The highest BCUT2D eigenvalue weighted by Crippen LogP contribution is 2.24. The molecular weight excluding hydrogens is 442 g/mol. The summed E-state index contributed by atoms with van der Waals surface area (Å²) in [6, 6.07) is 5.76. The van der Waals surface area contributed by atoms with Crippen LogP contribution >= 0.6 is 27.3 Å². The maximum Gasteiger partial charge on any atom is 0.308 e. The van der Waals surface area contributed by atoms with Crippen LogP contribution in [0.25, 0.3) is 10.2 Å². The van der Waals surface area contributed by atoms with Gasteiger partial charge in [0.05, 0.1) is 23.4 Å². The zero-order valence-corrected chi connectivity index (χ0v) is 18.3. The van der Waals surface area contributed by atoms with Gasteiger partial charge in [-0.3, -0.25) is 19.1 Å². The first-order chi connectivity index (χ1) is 13.6. The van der Waals surface area contributed by atoms with E-state index in [-0.39, 0.29) is 17.3 Å². The van der Waals surface area contributed by atoms with Crippen LogP contribution in [0.4, 0.5) is 0 Å². The van der Waals surface area contributed by atoms with Crippen molar-refractivity contribution in [3.8, 4) is 0 Å². The molecule has 2 aliphatic rings. The fourth-order valence-electron chi connectivity index (χ4n) is 4.08.